The van der Waals surface area contributed by atoms with Gasteiger partial charge in [-0.3, -0.25) is 9.80 Å². The predicted molar refractivity (Wildman–Crippen MR) is 108 cm³/mol. The van der Waals surface area contributed by atoms with Crippen molar-refractivity contribution in [3.63, 3.8) is 0 Å². The summed E-state index contributed by atoms with van der Waals surface area (Å²) in [5, 5.41) is 18.0. The first-order valence-electron chi connectivity index (χ1n) is 10.3. The number of anilines is 1. The van der Waals surface area contributed by atoms with Crippen LogP contribution in [-0.4, -0.2) is 46.9 Å². The number of carbonyl (C=O) groups excluding carboxylic acids is 1. The number of hydrazone groups is 1. The maximum atomic E-state index is 12.3. The molecule has 1 saturated carbocycles. The molecular formula is C22H31N3O2. The highest BCUT2D eigenvalue weighted by Crippen LogP contribution is 2.37. The number of aryl methyl sites for hydroxylation is 3. The summed E-state index contributed by atoms with van der Waals surface area (Å²) < 4.78 is 0. The molecule has 27 heavy (non-hydrogen) atoms. The van der Waals surface area contributed by atoms with Crippen LogP contribution in [0.1, 0.15) is 55.2 Å². The van der Waals surface area contributed by atoms with Gasteiger partial charge in [-0.1, -0.05) is 17.7 Å². The lowest BCUT2D eigenvalue weighted by Crippen LogP contribution is -2.49. The highest BCUT2D eigenvalue weighted by molar-refractivity contribution is 5.81. The first-order chi connectivity index (χ1) is 12.9. The second-order valence-corrected chi connectivity index (χ2v) is 8.81. The quantitative estimate of drug-likeness (QED) is 0.886. The second kappa shape index (κ2) is 6.93. The van der Waals surface area contributed by atoms with E-state index in [0.29, 0.717) is 38.3 Å². The van der Waals surface area contributed by atoms with Crippen molar-refractivity contribution in [2.45, 2.75) is 70.9 Å². The van der Waals surface area contributed by atoms with E-state index in [-0.39, 0.29) is 12.0 Å². The minimum Gasteiger partial charge on any atom is -0.390 e. The molecule has 5 nitrogen and oxygen atoms in total. The molecule has 2 aliphatic heterocycles. The van der Waals surface area contributed by atoms with Crippen molar-refractivity contribution < 1.29 is 9.90 Å². The molecule has 4 rings (SSSR count). The van der Waals surface area contributed by atoms with Crippen LogP contribution in [-0.2, 0) is 4.79 Å². The van der Waals surface area contributed by atoms with E-state index in [1.54, 1.807) is 0 Å². The Balaban J connectivity index is 1.44. The lowest BCUT2D eigenvalue weighted by atomic mass is 9.84. The molecule has 146 valence electrons. The Morgan fingerprint density at radius 3 is 2.41 bits per heavy atom. The molecule has 2 fully saturated rings. The number of hydrogen-bond acceptors (Lipinski definition) is 4. The van der Waals surface area contributed by atoms with Crippen LogP contribution in [0.4, 0.5) is 5.69 Å². The fourth-order valence-electron chi connectivity index (χ4n) is 4.77. The molecule has 0 bridgehead atoms. The van der Waals surface area contributed by atoms with Crippen LogP contribution in [0.25, 0.3) is 0 Å². The zero-order valence-corrected chi connectivity index (χ0v) is 16.7. The minimum atomic E-state index is -0.705. The molecule has 1 aromatic carbocycles. The summed E-state index contributed by atoms with van der Waals surface area (Å²) >= 11 is 0. The normalized spacial score (nSPS) is 24.5. The third-order valence-electron chi connectivity index (χ3n) is 6.34. The molecule has 1 aromatic rings. The third-order valence-corrected chi connectivity index (χ3v) is 6.34. The van der Waals surface area contributed by atoms with Crippen LogP contribution in [0.15, 0.2) is 17.2 Å². The number of benzene rings is 1. The van der Waals surface area contributed by atoms with E-state index in [4.69, 9.17) is 0 Å². The van der Waals surface area contributed by atoms with E-state index in [0.717, 1.165) is 19.3 Å². The van der Waals surface area contributed by atoms with Crippen molar-refractivity contribution in [1.29, 1.82) is 0 Å². The number of carbonyl (C=O) groups is 1. The molecule has 5 heteroatoms. The van der Waals surface area contributed by atoms with Gasteiger partial charge in [-0.15, -0.1) is 0 Å². The van der Waals surface area contributed by atoms with Crippen LogP contribution in [0.2, 0.25) is 0 Å². The molecule has 0 spiro atoms. The lowest BCUT2D eigenvalue weighted by Gasteiger charge is -2.41. The highest BCUT2D eigenvalue weighted by atomic mass is 16.3. The monoisotopic (exact) mass is 369 g/mol. The number of likely N-dealkylation sites (tertiary alicyclic amines) is 1. The molecule has 0 radical (unpaired) electrons. The minimum absolute atomic E-state index is 0.181. The van der Waals surface area contributed by atoms with Crippen molar-refractivity contribution >= 4 is 17.8 Å². The van der Waals surface area contributed by atoms with Crippen molar-refractivity contribution in [3.8, 4) is 0 Å². The molecule has 1 saturated heterocycles. The summed E-state index contributed by atoms with van der Waals surface area (Å²) in [4.78, 5) is 14.2. The largest absolute Gasteiger partial charge is 0.390 e. The third kappa shape index (κ3) is 3.75. The van der Waals surface area contributed by atoms with E-state index in [1.807, 2.05) is 11.1 Å². The number of piperidine rings is 1. The summed E-state index contributed by atoms with van der Waals surface area (Å²) in [6.07, 6.45) is 6.96. The zero-order chi connectivity index (χ0) is 19.2. The van der Waals surface area contributed by atoms with E-state index < -0.39 is 5.60 Å². The molecule has 1 unspecified atom stereocenters. The zero-order valence-electron chi connectivity index (χ0n) is 16.7. The smallest absolute Gasteiger partial charge is 0.225 e. The molecule has 3 aliphatic rings. The van der Waals surface area contributed by atoms with Crippen molar-refractivity contribution in [2.75, 3.05) is 18.1 Å². The lowest BCUT2D eigenvalue weighted by molar-refractivity contribution is -0.137. The molecule has 1 aliphatic carbocycles. The Morgan fingerprint density at radius 1 is 1.19 bits per heavy atom. The van der Waals surface area contributed by atoms with Gasteiger partial charge in [-0.2, -0.15) is 5.10 Å². The van der Waals surface area contributed by atoms with Crippen LogP contribution in [0.3, 0.4) is 0 Å². The van der Waals surface area contributed by atoms with E-state index >= 15 is 0 Å². The van der Waals surface area contributed by atoms with E-state index in [1.165, 1.54) is 22.4 Å². The van der Waals surface area contributed by atoms with Gasteiger partial charge in [0.2, 0.25) is 5.91 Å². The van der Waals surface area contributed by atoms with E-state index in [9.17, 15) is 9.90 Å². The average Bonchev–Trinajstić information content (AvgIpc) is 3.36. The number of amides is 1. The fourth-order valence-corrected chi connectivity index (χ4v) is 4.77. The van der Waals surface area contributed by atoms with Gasteiger partial charge < -0.3 is 10.0 Å². The van der Waals surface area contributed by atoms with Crippen molar-refractivity contribution in [1.82, 2.24) is 4.90 Å². The van der Waals surface area contributed by atoms with Crippen LogP contribution < -0.4 is 5.01 Å². The Bertz CT molecular complexity index is 738. The molecule has 1 amide bonds. The number of nitrogens with zero attached hydrogens (tertiary/aromatic N) is 3. The van der Waals surface area contributed by atoms with Gasteiger partial charge in [0.25, 0.3) is 0 Å². The van der Waals surface area contributed by atoms with Crippen LogP contribution in [0.5, 0.6) is 0 Å². The van der Waals surface area contributed by atoms with Gasteiger partial charge >= 0.3 is 0 Å². The van der Waals surface area contributed by atoms with Gasteiger partial charge in [-0.05, 0) is 64.0 Å². The van der Waals surface area contributed by atoms with Gasteiger partial charge in [0.1, 0.15) is 0 Å². The maximum Gasteiger partial charge on any atom is 0.225 e. The number of hydrogen-bond donors (Lipinski definition) is 1. The van der Waals surface area contributed by atoms with Gasteiger partial charge in [0.05, 0.1) is 17.3 Å². The molecular weight excluding hydrogens is 338 g/mol. The summed E-state index contributed by atoms with van der Waals surface area (Å²) in [5.41, 5.74) is 4.19. The number of rotatable bonds is 4. The first kappa shape index (κ1) is 18.5. The predicted octanol–water partition coefficient (Wildman–Crippen LogP) is 3.33. The Kier molecular flexibility index (Phi) is 4.75. The SMILES string of the molecule is Cc1cc(C)c(N2N=CCC2CC2(O)CCN(C(=O)C3CC3)CC2)c(C)c1. The van der Waals surface area contributed by atoms with Crippen molar-refractivity contribution in [3.05, 3.63) is 28.8 Å². The Labute approximate surface area is 162 Å². The maximum absolute atomic E-state index is 12.3. The van der Waals surface area contributed by atoms with Gasteiger partial charge in [0.15, 0.2) is 0 Å². The Hall–Kier alpha value is -1.88. The topological polar surface area (TPSA) is 56.1 Å². The summed E-state index contributed by atoms with van der Waals surface area (Å²) in [6.45, 7) is 7.76. The molecule has 1 N–H and O–H groups in total. The van der Waals surface area contributed by atoms with Crippen molar-refractivity contribution in [2.24, 2.45) is 11.0 Å². The summed E-state index contributed by atoms with van der Waals surface area (Å²) in [7, 11) is 0. The fraction of sp³-hybridized carbons (Fsp3) is 0.636. The molecule has 0 aromatic heterocycles. The Morgan fingerprint density at radius 2 is 1.81 bits per heavy atom. The summed E-state index contributed by atoms with van der Waals surface area (Å²) in [6, 6.07) is 4.58. The van der Waals surface area contributed by atoms with Gasteiger partial charge in [0, 0.05) is 31.6 Å². The average molecular weight is 370 g/mol. The number of aliphatic hydroxyl groups is 1. The van der Waals surface area contributed by atoms with E-state index in [2.05, 4.69) is 43.0 Å². The molecule has 2 heterocycles. The summed E-state index contributed by atoms with van der Waals surface area (Å²) in [5.74, 6) is 0.566. The molecule has 1 atom stereocenters. The van der Waals surface area contributed by atoms with Gasteiger partial charge in [-0.25, -0.2) is 0 Å². The second-order valence-electron chi connectivity index (χ2n) is 8.81. The first-order valence-corrected chi connectivity index (χ1v) is 10.3. The van der Waals surface area contributed by atoms with Crippen LogP contribution >= 0.6 is 0 Å². The van der Waals surface area contributed by atoms with Crippen LogP contribution in [0, 0.1) is 26.7 Å². The standard InChI is InChI=1S/C22H31N3O2/c1-15-12-16(2)20(17(3)13-15)25-19(6-9-23-25)14-22(27)7-10-24(11-8-22)21(26)18-4-5-18/h9,12-13,18-19,27H,4-8,10-11,14H2,1-3H3. The highest BCUT2D eigenvalue weighted by Gasteiger charge is 2.41.